The topological polar surface area (TPSA) is 21.3 Å². The predicted octanol–water partition coefficient (Wildman–Crippen LogP) is 4.79. The minimum atomic E-state index is 0.386. The van der Waals surface area contributed by atoms with Gasteiger partial charge in [-0.05, 0) is 58.9 Å². The van der Waals surface area contributed by atoms with Crippen LogP contribution in [0.25, 0.3) is 0 Å². The van der Waals surface area contributed by atoms with Gasteiger partial charge in [0.25, 0.3) is 0 Å². The molecule has 0 bridgehead atoms. The van der Waals surface area contributed by atoms with Crippen LogP contribution in [0.2, 0.25) is 0 Å². The Morgan fingerprint density at radius 1 is 1.21 bits per heavy atom. The van der Waals surface area contributed by atoms with Crippen LogP contribution >= 0.6 is 15.9 Å². The van der Waals surface area contributed by atoms with Crippen LogP contribution in [0.1, 0.15) is 46.2 Å². The number of halogens is 1. The van der Waals surface area contributed by atoms with Gasteiger partial charge in [0.15, 0.2) is 0 Å². The molecule has 108 valence electrons. The molecular formula is C16H26BrNO. The van der Waals surface area contributed by atoms with Crippen molar-refractivity contribution < 1.29 is 4.74 Å². The maximum absolute atomic E-state index is 5.57. The molecule has 2 nitrogen and oxygen atoms in total. The Morgan fingerprint density at radius 2 is 1.89 bits per heavy atom. The van der Waals surface area contributed by atoms with Crippen LogP contribution in [0.5, 0.6) is 5.75 Å². The van der Waals surface area contributed by atoms with E-state index in [9.17, 15) is 0 Å². The summed E-state index contributed by atoms with van der Waals surface area (Å²) >= 11 is 3.60. The summed E-state index contributed by atoms with van der Waals surface area (Å²) in [5, 5.41) is 3.60. The van der Waals surface area contributed by atoms with E-state index in [4.69, 9.17) is 4.74 Å². The van der Waals surface area contributed by atoms with Crippen LogP contribution < -0.4 is 10.1 Å². The highest BCUT2D eigenvalue weighted by Gasteiger charge is 2.21. The van der Waals surface area contributed by atoms with Gasteiger partial charge < -0.3 is 10.1 Å². The molecule has 0 amide bonds. The lowest BCUT2D eigenvalue weighted by molar-refractivity contribution is 0.306. The summed E-state index contributed by atoms with van der Waals surface area (Å²) < 4.78 is 6.61. The van der Waals surface area contributed by atoms with Gasteiger partial charge in [-0.2, -0.15) is 0 Å². The average molecular weight is 328 g/mol. The third-order valence-corrected chi connectivity index (χ3v) is 4.24. The zero-order valence-electron chi connectivity index (χ0n) is 12.7. The zero-order chi connectivity index (χ0) is 14.4. The van der Waals surface area contributed by atoms with Gasteiger partial charge in [0.05, 0.1) is 11.1 Å². The molecule has 0 aliphatic rings. The summed E-state index contributed by atoms with van der Waals surface area (Å²) in [7, 11) is 0. The Morgan fingerprint density at radius 3 is 2.37 bits per heavy atom. The van der Waals surface area contributed by atoms with Crippen LogP contribution in [-0.4, -0.2) is 13.2 Å². The second-order valence-corrected chi connectivity index (χ2v) is 6.12. The molecule has 1 aromatic rings. The van der Waals surface area contributed by atoms with Crippen molar-refractivity contribution in [2.75, 3.05) is 13.2 Å². The fourth-order valence-electron chi connectivity index (χ4n) is 2.20. The normalized spacial score (nSPS) is 14.5. The van der Waals surface area contributed by atoms with E-state index in [1.807, 2.05) is 6.92 Å². The number of nitrogens with one attached hydrogen (secondary N) is 1. The first-order chi connectivity index (χ1) is 9.01. The third kappa shape index (κ3) is 4.50. The van der Waals surface area contributed by atoms with Gasteiger partial charge in [0.2, 0.25) is 0 Å². The fourth-order valence-corrected chi connectivity index (χ4v) is 2.71. The van der Waals surface area contributed by atoms with Crippen LogP contribution in [0.15, 0.2) is 22.7 Å². The Balaban J connectivity index is 2.99. The van der Waals surface area contributed by atoms with Crippen LogP contribution in [0, 0.1) is 11.8 Å². The highest BCUT2D eigenvalue weighted by molar-refractivity contribution is 9.10. The lowest BCUT2D eigenvalue weighted by Gasteiger charge is -2.28. The second kappa shape index (κ2) is 7.91. The molecule has 0 spiro atoms. The van der Waals surface area contributed by atoms with E-state index in [1.54, 1.807) is 0 Å². The van der Waals surface area contributed by atoms with Crippen molar-refractivity contribution in [2.45, 2.75) is 40.7 Å². The van der Waals surface area contributed by atoms with E-state index in [2.05, 4.69) is 67.1 Å². The van der Waals surface area contributed by atoms with Crippen LogP contribution in [0.3, 0.4) is 0 Å². The first-order valence-electron chi connectivity index (χ1n) is 7.16. The molecule has 0 fully saturated rings. The largest absolute Gasteiger partial charge is 0.493 e. The summed E-state index contributed by atoms with van der Waals surface area (Å²) in [4.78, 5) is 0. The lowest BCUT2D eigenvalue weighted by atomic mass is 9.86. The first-order valence-corrected chi connectivity index (χ1v) is 7.96. The fraction of sp³-hybridized carbons (Fsp3) is 0.625. The first kappa shape index (κ1) is 16.5. The summed E-state index contributed by atoms with van der Waals surface area (Å²) in [6.45, 7) is 12.7. The quantitative estimate of drug-likeness (QED) is 0.777. The summed E-state index contributed by atoms with van der Waals surface area (Å²) in [6.07, 6.45) is 0. The molecule has 0 aliphatic heterocycles. The van der Waals surface area contributed by atoms with Gasteiger partial charge in [-0.25, -0.2) is 0 Å². The Labute approximate surface area is 126 Å². The van der Waals surface area contributed by atoms with Gasteiger partial charge in [-0.15, -0.1) is 0 Å². The molecule has 2 unspecified atom stereocenters. The Kier molecular flexibility index (Phi) is 6.87. The summed E-state index contributed by atoms with van der Waals surface area (Å²) in [5.41, 5.74) is 1.32. The molecule has 0 saturated carbocycles. The number of benzene rings is 1. The molecule has 3 heteroatoms. The van der Waals surface area contributed by atoms with Crippen molar-refractivity contribution in [3.63, 3.8) is 0 Å². The minimum absolute atomic E-state index is 0.386. The highest BCUT2D eigenvalue weighted by atomic mass is 79.9. The Bertz CT molecular complexity index is 392. The summed E-state index contributed by atoms with van der Waals surface area (Å²) in [6, 6.07) is 6.79. The average Bonchev–Trinajstić information content (AvgIpc) is 2.37. The molecule has 0 heterocycles. The van der Waals surface area contributed by atoms with Gasteiger partial charge in [-0.1, -0.05) is 33.8 Å². The smallest absolute Gasteiger partial charge is 0.133 e. The van der Waals surface area contributed by atoms with Crippen LogP contribution in [-0.2, 0) is 0 Å². The Hall–Kier alpha value is -0.540. The van der Waals surface area contributed by atoms with Crippen molar-refractivity contribution in [3.8, 4) is 5.75 Å². The van der Waals surface area contributed by atoms with Crippen molar-refractivity contribution in [1.29, 1.82) is 0 Å². The third-order valence-electron chi connectivity index (χ3n) is 3.62. The molecule has 19 heavy (non-hydrogen) atoms. The molecule has 1 rings (SSSR count). The molecule has 0 saturated heterocycles. The van der Waals surface area contributed by atoms with E-state index in [1.165, 1.54) is 5.56 Å². The van der Waals surface area contributed by atoms with Crippen LogP contribution in [0.4, 0.5) is 0 Å². The molecule has 1 N–H and O–H groups in total. The molecule has 2 atom stereocenters. The van der Waals surface area contributed by atoms with Crippen molar-refractivity contribution in [1.82, 2.24) is 5.32 Å². The van der Waals surface area contributed by atoms with Gasteiger partial charge in [0.1, 0.15) is 5.75 Å². The number of hydrogen-bond donors (Lipinski definition) is 1. The second-order valence-electron chi connectivity index (χ2n) is 5.26. The van der Waals surface area contributed by atoms with Crippen molar-refractivity contribution >= 4 is 15.9 Å². The number of ether oxygens (including phenoxy) is 1. The van der Waals surface area contributed by atoms with Gasteiger partial charge in [0, 0.05) is 6.04 Å². The van der Waals surface area contributed by atoms with E-state index in [0.717, 1.165) is 16.8 Å². The van der Waals surface area contributed by atoms with E-state index in [-0.39, 0.29) is 0 Å². The standard InChI is InChI=1S/C16H26BrNO/c1-6-18-16(12(5)11(3)4)13-8-9-15(19-7-2)14(17)10-13/h8-12,16,18H,6-7H2,1-5H3. The monoisotopic (exact) mass is 327 g/mol. The minimum Gasteiger partial charge on any atom is -0.493 e. The molecule has 0 aliphatic carbocycles. The lowest BCUT2D eigenvalue weighted by Crippen LogP contribution is -2.29. The molecule has 0 aromatic heterocycles. The van der Waals surface area contributed by atoms with Crippen molar-refractivity contribution in [3.05, 3.63) is 28.2 Å². The molecule has 0 radical (unpaired) electrons. The zero-order valence-corrected chi connectivity index (χ0v) is 14.3. The SMILES string of the molecule is CCNC(c1ccc(OCC)c(Br)c1)C(C)C(C)C. The van der Waals surface area contributed by atoms with E-state index in [0.29, 0.717) is 24.5 Å². The van der Waals surface area contributed by atoms with Crippen molar-refractivity contribution in [2.24, 2.45) is 11.8 Å². The van der Waals surface area contributed by atoms with E-state index >= 15 is 0 Å². The molecular weight excluding hydrogens is 302 g/mol. The predicted molar refractivity (Wildman–Crippen MR) is 85.7 cm³/mol. The maximum Gasteiger partial charge on any atom is 0.133 e. The summed E-state index contributed by atoms with van der Waals surface area (Å²) in [5.74, 6) is 2.15. The highest BCUT2D eigenvalue weighted by Crippen LogP contribution is 2.33. The van der Waals surface area contributed by atoms with E-state index < -0.39 is 0 Å². The molecule has 1 aromatic carbocycles. The number of rotatable bonds is 7. The van der Waals surface area contributed by atoms with Gasteiger partial charge in [-0.3, -0.25) is 0 Å². The van der Waals surface area contributed by atoms with Gasteiger partial charge >= 0.3 is 0 Å². The number of hydrogen-bond acceptors (Lipinski definition) is 2. The maximum atomic E-state index is 5.57.